The predicted octanol–water partition coefficient (Wildman–Crippen LogP) is 2.54. The smallest absolute Gasteiger partial charge is 0.272 e. The van der Waals surface area contributed by atoms with Crippen molar-refractivity contribution in [2.45, 2.75) is 45.4 Å². The van der Waals surface area contributed by atoms with Crippen molar-refractivity contribution >= 4 is 5.65 Å². The Balaban J connectivity index is 1.97. The fourth-order valence-corrected chi connectivity index (χ4v) is 2.02. The van der Waals surface area contributed by atoms with E-state index >= 15 is 0 Å². The minimum absolute atomic E-state index is 0.0245. The van der Waals surface area contributed by atoms with E-state index in [9.17, 15) is 4.79 Å². The molecular weight excluding hydrogens is 214 g/mol. The highest BCUT2D eigenvalue weighted by molar-refractivity contribution is 5.36. The van der Waals surface area contributed by atoms with E-state index in [2.05, 4.69) is 17.0 Å². The van der Waals surface area contributed by atoms with E-state index in [0.717, 1.165) is 18.5 Å². The van der Waals surface area contributed by atoms with Crippen LogP contribution in [-0.2, 0) is 6.42 Å². The number of hydrogen-bond donors (Lipinski definition) is 1. The highest BCUT2D eigenvalue weighted by Crippen LogP contribution is 2.07. The van der Waals surface area contributed by atoms with Crippen LogP contribution in [0.5, 0.6) is 0 Å². The predicted molar refractivity (Wildman–Crippen MR) is 68.3 cm³/mol. The Hall–Kier alpha value is -1.58. The Morgan fingerprint density at radius 2 is 2.12 bits per heavy atom. The minimum atomic E-state index is -0.0245. The van der Waals surface area contributed by atoms with Crippen LogP contribution in [0.25, 0.3) is 5.65 Å². The first-order chi connectivity index (χ1) is 8.31. The number of hydrogen-bond acceptors (Lipinski definition) is 2. The molecule has 4 nitrogen and oxygen atoms in total. The third kappa shape index (κ3) is 2.96. The number of unbranched alkanes of at least 4 members (excludes halogenated alkanes) is 4. The molecular formula is C13H19N3O. The second-order valence-corrected chi connectivity index (χ2v) is 4.41. The number of nitrogens with zero attached hydrogens (tertiary/aromatic N) is 2. The summed E-state index contributed by atoms with van der Waals surface area (Å²) in [6.07, 6.45) is 8.81. The molecule has 92 valence electrons. The number of aromatic nitrogens is 3. The lowest BCUT2D eigenvalue weighted by Crippen LogP contribution is -2.15. The van der Waals surface area contributed by atoms with Gasteiger partial charge in [0.15, 0.2) is 5.65 Å². The highest BCUT2D eigenvalue weighted by atomic mass is 16.1. The summed E-state index contributed by atoms with van der Waals surface area (Å²) >= 11 is 0. The van der Waals surface area contributed by atoms with Crippen LogP contribution in [0.4, 0.5) is 0 Å². The average Bonchev–Trinajstić information content (AvgIpc) is 2.77. The van der Waals surface area contributed by atoms with Gasteiger partial charge in [0.2, 0.25) is 0 Å². The molecule has 17 heavy (non-hydrogen) atoms. The van der Waals surface area contributed by atoms with Crippen molar-refractivity contribution in [2.75, 3.05) is 0 Å². The van der Waals surface area contributed by atoms with Crippen molar-refractivity contribution in [1.82, 2.24) is 14.6 Å². The summed E-state index contributed by atoms with van der Waals surface area (Å²) in [5.41, 5.74) is 1.59. The maximum atomic E-state index is 11.7. The van der Waals surface area contributed by atoms with Gasteiger partial charge in [0.25, 0.3) is 5.56 Å². The van der Waals surface area contributed by atoms with Crippen molar-refractivity contribution in [2.24, 2.45) is 0 Å². The first-order valence-corrected chi connectivity index (χ1v) is 6.37. The van der Waals surface area contributed by atoms with Crippen LogP contribution in [-0.4, -0.2) is 14.6 Å². The van der Waals surface area contributed by atoms with Gasteiger partial charge < -0.3 is 0 Å². The van der Waals surface area contributed by atoms with E-state index in [1.54, 1.807) is 12.3 Å². The molecule has 0 unspecified atom stereocenters. The van der Waals surface area contributed by atoms with Crippen molar-refractivity contribution < 1.29 is 0 Å². The zero-order chi connectivity index (χ0) is 12.1. The molecule has 0 fully saturated rings. The minimum Gasteiger partial charge on any atom is -0.297 e. The van der Waals surface area contributed by atoms with E-state index in [0.29, 0.717) is 5.65 Å². The lowest BCUT2D eigenvalue weighted by Gasteiger charge is -2.01. The van der Waals surface area contributed by atoms with E-state index in [1.807, 2.05) is 6.07 Å². The van der Waals surface area contributed by atoms with E-state index in [4.69, 9.17) is 0 Å². The molecule has 0 aliphatic rings. The summed E-state index contributed by atoms with van der Waals surface area (Å²) in [5, 5.41) is 2.84. The molecule has 0 bridgehead atoms. The Morgan fingerprint density at radius 3 is 2.94 bits per heavy atom. The summed E-state index contributed by atoms with van der Waals surface area (Å²) in [5.74, 6) is 0. The molecule has 2 rings (SSSR count). The first-order valence-electron chi connectivity index (χ1n) is 6.37. The van der Waals surface area contributed by atoms with E-state index in [-0.39, 0.29) is 5.56 Å². The number of rotatable bonds is 6. The number of fused-ring (bicyclic) bond motifs is 1. The number of aromatic amines is 1. The standard InChI is InChI=1S/C13H19N3O/c1-2-3-4-5-6-7-11-10-13(17)16-12(15-11)8-9-14-16/h8-10,14H,2-7H2,1H3. The molecule has 0 aromatic carbocycles. The Kier molecular flexibility index (Phi) is 3.96. The van der Waals surface area contributed by atoms with Crippen LogP contribution >= 0.6 is 0 Å². The third-order valence-corrected chi connectivity index (χ3v) is 2.97. The van der Waals surface area contributed by atoms with Gasteiger partial charge in [-0.25, -0.2) is 9.50 Å². The highest BCUT2D eigenvalue weighted by Gasteiger charge is 2.02. The fraction of sp³-hybridized carbons (Fsp3) is 0.538. The van der Waals surface area contributed by atoms with E-state index < -0.39 is 0 Å². The maximum absolute atomic E-state index is 11.7. The zero-order valence-corrected chi connectivity index (χ0v) is 10.3. The van der Waals surface area contributed by atoms with Gasteiger partial charge >= 0.3 is 0 Å². The van der Waals surface area contributed by atoms with Crippen molar-refractivity contribution in [1.29, 1.82) is 0 Å². The summed E-state index contributed by atoms with van der Waals surface area (Å²) in [6, 6.07) is 3.45. The Bertz CT molecular complexity index is 527. The molecule has 0 radical (unpaired) electrons. The SMILES string of the molecule is CCCCCCCc1cc(=O)n2[nH]ccc2n1. The second kappa shape index (κ2) is 5.66. The summed E-state index contributed by atoms with van der Waals surface area (Å²) in [4.78, 5) is 16.1. The van der Waals surface area contributed by atoms with Gasteiger partial charge in [0, 0.05) is 24.0 Å². The van der Waals surface area contributed by atoms with Crippen LogP contribution in [0.2, 0.25) is 0 Å². The van der Waals surface area contributed by atoms with Gasteiger partial charge in [0.05, 0.1) is 0 Å². The number of nitrogens with one attached hydrogen (secondary N) is 1. The monoisotopic (exact) mass is 233 g/mol. The largest absolute Gasteiger partial charge is 0.297 e. The molecule has 0 saturated heterocycles. The van der Waals surface area contributed by atoms with Gasteiger partial charge in [-0.15, -0.1) is 0 Å². The maximum Gasteiger partial charge on any atom is 0.272 e. The molecule has 0 aliphatic carbocycles. The molecule has 4 heteroatoms. The number of H-pyrrole nitrogens is 1. The molecule has 2 heterocycles. The van der Waals surface area contributed by atoms with Crippen molar-refractivity contribution in [3.63, 3.8) is 0 Å². The molecule has 2 aromatic rings. The lowest BCUT2D eigenvalue weighted by atomic mass is 10.1. The molecule has 1 N–H and O–H groups in total. The van der Waals surface area contributed by atoms with Gasteiger partial charge in [-0.3, -0.25) is 9.89 Å². The van der Waals surface area contributed by atoms with Crippen LogP contribution in [0.3, 0.4) is 0 Å². The molecule has 0 saturated carbocycles. The van der Waals surface area contributed by atoms with Gasteiger partial charge in [0.1, 0.15) is 0 Å². The molecule has 0 spiro atoms. The Labute approximate surface area is 101 Å². The Morgan fingerprint density at radius 1 is 1.29 bits per heavy atom. The summed E-state index contributed by atoms with van der Waals surface area (Å²) in [7, 11) is 0. The second-order valence-electron chi connectivity index (χ2n) is 4.41. The topological polar surface area (TPSA) is 50.2 Å². The first kappa shape index (κ1) is 11.9. The lowest BCUT2D eigenvalue weighted by molar-refractivity contribution is 0.627. The average molecular weight is 233 g/mol. The quantitative estimate of drug-likeness (QED) is 0.779. The summed E-state index contributed by atoms with van der Waals surface area (Å²) < 4.78 is 1.46. The van der Waals surface area contributed by atoms with Crippen LogP contribution in [0, 0.1) is 0 Å². The zero-order valence-electron chi connectivity index (χ0n) is 10.3. The molecule has 0 aliphatic heterocycles. The van der Waals surface area contributed by atoms with Crippen LogP contribution < -0.4 is 5.56 Å². The number of aryl methyl sites for hydroxylation is 1. The van der Waals surface area contributed by atoms with E-state index in [1.165, 1.54) is 30.2 Å². The molecule has 0 atom stereocenters. The van der Waals surface area contributed by atoms with Gasteiger partial charge in [-0.2, -0.15) is 0 Å². The van der Waals surface area contributed by atoms with Crippen LogP contribution in [0.15, 0.2) is 23.1 Å². The molecule has 0 amide bonds. The van der Waals surface area contributed by atoms with Crippen molar-refractivity contribution in [3.05, 3.63) is 34.4 Å². The van der Waals surface area contributed by atoms with Crippen LogP contribution in [0.1, 0.15) is 44.7 Å². The van der Waals surface area contributed by atoms with Crippen molar-refractivity contribution in [3.8, 4) is 0 Å². The molecule has 2 aromatic heterocycles. The normalized spacial score (nSPS) is 11.1. The van der Waals surface area contributed by atoms with Gasteiger partial charge in [-0.1, -0.05) is 32.6 Å². The summed E-state index contributed by atoms with van der Waals surface area (Å²) in [6.45, 7) is 2.21. The van der Waals surface area contributed by atoms with Gasteiger partial charge in [-0.05, 0) is 12.8 Å². The fourth-order valence-electron chi connectivity index (χ4n) is 2.02. The third-order valence-electron chi connectivity index (χ3n) is 2.97.